The van der Waals surface area contributed by atoms with E-state index < -0.39 is 0 Å². The van der Waals surface area contributed by atoms with Crippen LogP contribution in [0.2, 0.25) is 0 Å². The van der Waals surface area contributed by atoms with Gasteiger partial charge in [0.15, 0.2) is 23.9 Å². The van der Waals surface area contributed by atoms with Crippen LogP contribution in [0.3, 0.4) is 0 Å². The summed E-state index contributed by atoms with van der Waals surface area (Å²) in [6.07, 6.45) is 3.31. The number of ketones is 1. The Kier molecular flexibility index (Phi) is 5.97. The number of carbonyl (C=O) groups excluding carboxylic acids is 1. The van der Waals surface area contributed by atoms with Crippen LogP contribution in [0.4, 0.5) is 0 Å². The van der Waals surface area contributed by atoms with E-state index in [-0.39, 0.29) is 12.4 Å². The van der Waals surface area contributed by atoms with Crippen molar-refractivity contribution in [1.29, 1.82) is 5.26 Å². The van der Waals surface area contributed by atoms with Crippen molar-refractivity contribution in [3.8, 4) is 17.6 Å². The van der Waals surface area contributed by atoms with Gasteiger partial charge in [0.25, 0.3) is 0 Å². The van der Waals surface area contributed by atoms with Gasteiger partial charge in [-0.15, -0.1) is 0 Å². The van der Waals surface area contributed by atoms with Crippen molar-refractivity contribution >= 4 is 11.9 Å². The summed E-state index contributed by atoms with van der Waals surface area (Å²) in [5.74, 6) is 0.990. The van der Waals surface area contributed by atoms with E-state index in [4.69, 9.17) is 14.7 Å². The van der Waals surface area contributed by atoms with Crippen molar-refractivity contribution < 1.29 is 14.3 Å². The minimum atomic E-state index is -0.0456. The number of nitriles is 1. The molecule has 4 nitrogen and oxygen atoms in total. The molecular formula is C21H21NO3. The molecule has 2 rings (SSSR count). The van der Waals surface area contributed by atoms with Crippen molar-refractivity contribution in [1.82, 2.24) is 0 Å². The summed E-state index contributed by atoms with van der Waals surface area (Å²) in [5, 5.41) is 8.60. The number of hydrogen-bond donors (Lipinski definition) is 0. The summed E-state index contributed by atoms with van der Waals surface area (Å²) in [6.45, 7) is 5.87. The molecule has 0 aliphatic rings. The molecule has 2 aromatic rings. The maximum Gasteiger partial charge on any atom is 0.186 e. The third-order valence-corrected chi connectivity index (χ3v) is 3.83. The molecule has 0 N–H and O–H groups in total. The molecule has 0 fully saturated rings. The molecule has 0 aliphatic heterocycles. The highest BCUT2D eigenvalue weighted by atomic mass is 16.5. The van der Waals surface area contributed by atoms with Crippen LogP contribution in [0.15, 0.2) is 36.4 Å². The first-order valence-electron chi connectivity index (χ1n) is 7.94. The second kappa shape index (κ2) is 8.16. The molecule has 0 radical (unpaired) electrons. The zero-order valence-electron chi connectivity index (χ0n) is 14.9. The topological polar surface area (TPSA) is 59.3 Å². The minimum Gasteiger partial charge on any atom is -0.493 e. The Morgan fingerprint density at radius 3 is 2.40 bits per heavy atom. The van der Waals surface area contributed by atoms with Crippen LogP contribution in [0.25, 0.3) is 6.08 Å². The lowest BCUT2D eigenvalue weighted by molar-refractivity contribution is 0.104. The highest BCUT2D eigenvalue weighted by Gasteiger charge is 2.10. The molecule has 0 unspecified atom stereocenters. The fraction of sp³-hybridized carbons (Fsp3) is 0.238. The summed E-state index contributed by atoms with van der Waals surface area (Å²) < 4.78 is 10.6. The van der Waals surface area contributed by atoms with Crippen LogP contribution >= 0.6 is 0 Å². The monoisotopic (exact) mass is 335 g/mol. The van der Waals surface area contributed by atoms with Crippen LogP contribution in [-0.4, -0.2) is 19.5 Å². The summed E-state index contributed by atoms with van der Waals surface area (Å²) in [6, 6.07) is 11.3. The number of hydrogen-bond acceptors (Lipinski definition) is 4. The quantitative estimate of drug-likeness (QED) is 0.579. The predicted molar refractivity (Wildman–Crippen MR) is 98.1 cm³/mol. The van der Waals surface area contributed by atoms with Crippen molar-refractivity contribution in [3.63, 3.8) is 0 Å². The molecule has 25 heavy (non-hydrogen) atoms. The normalized spacial score (nSPS) is 10.5. The number of nitrogens with zero attached hydrogens (tertiary/aromatic N) is 1. The average molecular weight is 335 g/mol. The van der Waals surface area contributed by atoms with Crippen molar-refractivity contribution in [2.24, 2.45) is 0 Å². The molecule has 0 bridgehead atoms. The lowest BCUT2D eigenvalue weighted by Crippen LogP contribution is -2.02. The van der Waals surface area contributed by atoms with Crippen LogP contribution in [-0.2, 0) is 0 Å². The van der Waals surface area contributed by atoms with Gasteiger partial charge in [-0.05, 0) is 55.7 Å². The smallest absolute Gasteiger partial charge is 0.186 e. The van der Waals surface area contributed by atoms with Gasteiger partial charge in [0.05, 0.1) is 7.11 Å². The van der Waals surface area contributed by atoms with E-state index in [0.717, 1.165) is 27.8 Å². The molecule has 0 amide bonds. The van der Waals surface area contributed by atoms with Crippen LogP contribution < -0.4 is 9.47 Å². The number of ether oxygens (including phenoxy) is 2. The number of carbonyl (C=O) groups is 1. The van der Waals surface area contributed by atoms with E-state index >= 15 is 0 Å². The molecule has 2 aromatic carbocycles. The Hall–Kier alpha value is -3.06. The van der Waals surface area contributed by atoms with E-state index in [1.54, 1.807) is 24.3 Å². The summed E-state index contributed by atoms with van der Waals surface area (Å²) in [5.41, 5.74) is 4.66. The van der Waals surface area contributed by atoms with Gasteiger partial charge in [0, 0.05) is 5.56 Å². The van der Waals surface area contributed by atoms with E-state index in [1.165, 1.54) is 7.11 Å². The van der Waals surface area contributed by atoms with Gasteiger partial charge in [0.2, 0.25) is 0 Å². The fourth-order valence-corrected chi connectivity index (χ4v) is 2.84. The Morgan fingerprint density at radius 1 is 1.12 bits per heavy atom. The average Bonchev–Trinajstić information content (AvgIpc) is 2.57. The first-order chi connectivity index (χ1) is 12.0. The molecule has 0 spiro atoms. The largest absolute Gasteiger partial charge is 0.493 e. The molecule has 0 aromatic heterocycles. The second-order valence-electron chi connectivity index (χ2n) is 5.83. The third-order valence-electron chi connectivity index (χ3n) is 3.83. The standard InChI is InChI=1S/C21H21NO3/c1-14-11-15(2)21(16(3)12-14)18(23)7-5-17-6-8-19(25-10-9-22)20(13-17)24-4/h5-8,11-13H,10H2,1-4H3/b7-5+. The second-order valence-corrected chi connectivity index (χ2v) is 5.83. The Bertz CT molecular complexity index is 837. The predicted octanol–water partition coefficient (Wildman–Crippen LogP) is 4.42. The van der Waals surface area contributed by atoms with Gasteiger partial charge in [0.1, 0.15) is 6.07 Å². The van der Waals surface area contributed by atoms with Gasteiger partial charge in [-0.1, -0.05) is 29.8 Å². The van der Waals surface area contributed by atoms with E-state index in [1.807, 2.05) is 45.0 Å². The molecule has 0 atom stereocenters. The summed E-state index contributed by atoms with van der Waals surface area (Å²) in [4.78, 5) is 12.6. The number of allylic oxidation sites excluding steroid dienone is 1. The zero-order valence-corrected chi connectivity index (χ0v) is 14.9. The first kappa shape index (κ1) is 18.3. The molecular weight excluding hydrogens is 314 g/mol. The fourth-order valence-electron chi connectivity index (χ4n) is 2.84. The number of rotatable bonds is 6. The van der Waals surface area contributed by atoms with Crippen molar-refractivity contribution in [2.45, 2.75) is 20.8 Å². The number of aryl methyl sites for hydroxylation is 3. The van der Waals surface area contributed by atoms with Crippen LogP contribution in [0.1, 0.15) is 32.6 Å². The van der Waals surface area contributed by atoms with Gasteiger partial charge in [-0.2, -0.15) is 5.26 Å². The molecule has 0 heterocycles. The van der Waals surface area contributed by atoms with E-state index in [0.29, 0.717) is 11.5 Å². The number of methoxy groups -OCH3 is 1. The summed E-state index contributed by atoms with van der Waals surface area (Å²) in [7, 11) is 1.53. The lowest BCUT2D eigenvalue weighted by atomic mass is 9.96. The van der Waals surface area contributed by atoms with Gasteiger partial charge >= 0.3 is 0 Å². The maximum atomic E-state index is 12.6. The highest BCUT2D eigenvalue weighted by Crippen LogP contribution is 2.28. The van der Waals surface area contributed by atoms with E-state index in [9.17, 15) is 4.79 Å². The van der Waals surface area contributed by atoms with Gasteiger partial charge < -0.3 is 9.47 Å². The minimum absolute atomic E-state index is 0.0289. The maximum absolute atomic E-state index is 12.6. The Morgan fingerprint density at radius 2 is 1.80 bits per heavy atom. The molecule has 128 valence electrons. The Balaban J connectivity index is 2.24. The van der Waals surface area contributed by atoms with E-state index in [2.05, 4.69) is 0 Å². The number of benzene rings is 2. The zero-order chi connectivity index (χ0) is 18.4. The third kappa shape index (κ3) is 4.48. The van der Waals surface area contributed by atoms with Crippen molar-refractivity contribution in [3.05, 3.63) is 64.2 Å². The molecule has 0 aliphatic carbocycles. The van der Waals surface area contributed by atoms with Gasteiger partial charge in [-0.25, -0.2) is 0 Å². The highest BCUT2D eigenvalue weighted by molar-refractivity contribution is 6.08. The van der Waals surface area contributed by atoms with Crippen LogP contribution in [0.5, 0.6) is 11.5 Å². The SMILES string of the molecule is COc1cc(/C=C/C(=O)c2c(C)cc(C)cc2C)ccc1OCC#N. The molecule has 0 saturated carbocycles. The first-order valence-corrected chi connectivity index (χ1v) is 7.94. The van der Waals surface area contributed by atoms with Crippen molar-refractivity contribution in [2.75, 3.05) is 13.7 Å². The lowest BCUT2D eigenvalue weighted by Gasteiger charge is -2.09. The summed E-state index contributed by atoms with van der Waals surface area (Å²) >= 11 is 0. The molecule has 0 saturated heterocycles. The Labute approximate surface area is 148 Å². The molecule has 4 heteroatoms. The van der Waals surface area contributed by atoms with Crippen LogP contribution in [0, 0.1) is 32.1 Å². The van der Waals surface area contributed by atoms with Gasteiger partial charge in [-0.3, -0.25) is 4.79 Å².